The quantitative estimate of drug-likeness (QED) is 0.658. The molecule has 0 aromatic heterocycles. The van der Waals surface area contributed by atoms with Crippen molar-refractivity contribution in [3.8, 4) is 0 Å². The first-order valence-electron chi connectivity index (χ1n) is 3.36. The van der Waals surface area contributed by atoms with Gasteiger partial charge < -0.3 is 5.11 Å². The van der Waals surface area contributed by atoms with Gasteiger partial charge in [-0.2, -0.15) is 8.78 Å². The van der Waals surface area contributed by atoms with Gasteiger partial charge in [-0.15, -0.1) is 0 Å². The van der Waals surface area contributed by atoms with E-state index < -0.39 is 18.4 Å². The van der Waals surface area contributed by atoms with E-state index in [1.54, 1.807) is 0 Å². The van der Waals surface area contributed by atoms with Crippen LogP contribution >= 0.6 is 0 Å². The molecule has 1 heterocycles. The first kappa shape index (κ1) is 8.39. The summed E-state index contributed by atoms with van der Waals surface area (Å²) in [5.74, 6) is -5.62. The summed E-state index contributed by atoms with van der Waals surface area (Å²) in [5, 5.41) is 8.03. The second-order valence-corrected chi connectivity index (χ2v) is 2.64. The molecule has 64 valence electrons. The zero-order valence-electron chi connectivity index (χ0n) is 5.89. The molecule has 0 aliphatic carbocycles. The van der Waals surface area contributed by atoms with Gasteiger partial charge in [0.15, 0.2) is 0 Å². The molecular weight excluding hydrogens is 156 g/mol. The lowest BCUT2D eigenvalue weighted by Gasteiger charge is -2.32. The third-order valence-electron chi connectivity index (χ3n) is 1.68. The zero-order chi connectivity index (χ0) is 8.48. The lowest BCUT2D eigenvalue weighted by atomic mass is 10.2. The molecule has 3 nitrogen and oxygen atoms in total. The average molecular weight is 165 g/mol. The molecule has 0 unspecified atom stereocenters. The minimum Gasteiger partial charge on any atom is -0.477 e. The van der Waals surface area contributed by atoms with Gasteiger partial charge in [-0.05, 0) is 19.5 Å². The van der Waals surface area contributed by atoms with E-state index in [-0.39, 0.29) is 0 Å². The fourth-order valence-electron chi connectivity index (χ4n) is 0.888. The first-order chi connectivity index (χ1) is 5.02. The van der Waals surface area contributed by atoms with Crippen molar-refractivity contribution in [2.24, 2.45) is 0 Å². The van der Waals surface area contributed by atoms with Gasteiger partial charge in [-0.3, -0.25) is 4.90 Å². The summed E-state index contributed by atoms with van der Waals surface area (Å²) in [6.45, 7) is 0.522. The third kappa shape index (κ3) is 1.86. The van der Waals surface area contributed by atoms with Crippen molar-refractivity contribution in [2.75, 3.05) is 19.6 Å². The number of alkyl halides is 2. The van der Waals surface area contributed by atoms with Gasteiger partial charge in [0.2, 0.25) is 0 Å². The van der Waals surface area contributed by atoms with E-state index in [1.807, 2.05) is 0 Å². The van der Waals surface area contributed by atoms with Crippen LogP contribution in [0.25, 0.3) is 0 Å². The third-order valence-corrected chi connectivity index (χ3v) is 1.68. The van der Waals surface area contributed by atoms with Gasteiger partial charge in [-0.1, -0.05) is 0 Å². The molecule has 0 aromatic rings. The molecular formula is C6H9F2NO2. The Bertz CT molecular complexity index is 168. The predicted molar refractivity (Wildman–Crippen MR) is 33.6 cm³/mol. The predicted octanol–water partition coefficient (Wildman–Crippen LogP) is 0.412. The lowest BCUT2D eigenvalue weighted by molar-refractivity contribution is -0.168. The molecule has 0 amide bonds. The molecule has 0 bridgehead atoms. The van der Waals surface area contributed by atoms with Gasteiger partial charge in [0.1, 0.15) is 0 Å². The number of aliphatic carboxylic acids is 1. The van der Waals surface area contributed by atoms with Crippen LogP contribution in [-0.2, 0) is 4.79 Å². The van der Waals surface area contributed by atoms with Crippen LogP contribution in [0.4, 0.5) is 8.78 Å². The Morgan fingerprint density at radius 1 is 1.55 bits per heavy atom. The number of hydrogen-bond donors (Lipinski definition) is 1. The van der Waals surface area contributed by atoms with Crippen molar-refractivity contribution in [1.29, 1.82) is 0 Å². The van der Waals surface area contributed by atoms with Crippen molar-refractivity contribution < 1.29 is 18.7 Å². The number of carboxylic acids is 1. The van der Waals surface area contributed by atoms with Gasteiger partial charge in [0.25, 0.3) is 0 Å². The van der Waals surface area contributed by atoms with Gasteiger partial charge in [-0.25, -0.2) is 4.79 Å². The number of likely N-dealkylation sites (tertiary alicyclic amines) is 1. The lowest BCUT2D eigenvalue weighted by Crippen LogP contribution is -2.48. The van der Waals surface area contributed by atoms with Crippen LogP contribution in [0, 0.1) is 0 Å². The number of carboxylic acid groups (broad SMARTS) is 1. The van der Waals surface area contributed by atoms with E-state index in [0.29, 0.717) is 13.1 Å². The second kappa shape index (κ2) is 2.73. The highest BCUT2D eigenvalue weighted by atomic mass is 19.3. The molecule has 0 radical (unpaired) electrons. The first-order valence-corrected chi connectivity index (χ1v) is 3.36. The van der Waals surface area contributed by atoms with Crippen LogP contribution < -0.4 is 0 Å². The molecule has 1 aliphatic heterocycles. The SMILES string of the molecule is O=C(O)C(F)(F)CN1CCC1. The van der Waals surface area contributed by atoms with Crippen molar-refractivity contribution in [3.63, 3.8) is 0 Å². The van der Waals surface area contributed by atoms with E-state index in [0.717, 1.165) is 6.42 Å². The fraction of sp³-hybridized carbons (Fsp3) is 0.833. The minimum absolute atomic E-state index is 0.586. The summed E-state index contributed by atoms with van der Waals surface area (Å²) in [6, 6.07) is 0. The zero-order valence-corrected chi connectivity index (χ0v) is 5.89. The Balaban J connectivity index is 2.38. The van der Waals surface area contributed by atoms with Crippen LogP contribution in [0.2, 0.25) is 0 Å². The number of carbonyl (C=O) groups is 1. The Hall–Kier alpha value is -0.710. The Morgan fingerprint density at radius 3 is 2.36 bits per heavy atom. The maximum absolute atomic E-state index is 12.4. The summed E-state index contributed by atoms with van der Waals surface area (Å²) < 4.78 is 24.8. The summed E-state index contributed by atoms with van der Waals surface area (Å²) in [6.07, 6.45) is 0.885. The molecule has 0 atom stereocenters. The summed E-state index contributed by atoms with van der Waals surface area (Å²) in [4.78, 5) is 11.3. The molecule has 1 fully saturated rings. The van der Waals surface area contributed by atoms with Crippen molar-refractivity contribution in [1.82, 2.24) is 4.90 Å². The standard InChI is InChI=1S/C6H9F2NO2/c7-6(8,5(10)11)4-9-2-1-3-9/h1-4H2,(H,10,11). The maximum Gasteiger partial charge on any atom is 0.375 e. The van der Waals surface area contributed by atoms with E-state index in [2.05, 4.69) is 0 Å². The highest BCUT2D eigenvalue weighted by Crippen LogP contribution is 2.18. The maximum atomic E-state index is 12.4. The molecule has 0 aromatic carbocycles. The van der Waals surface area contributed by atoms with E-state index in [9.17, 15) is 13.6 Å². The van der Waals surface area contributed by atoms with Crippen molar-refractivity contribution in [2.45, 2.75) is 12.3 Å². The summed E-state index contributed by atoms with van der Waals surface area (Å²) in [5.41, 5.74) is 0. The number of nitrogens with zero attached hydrogens (tertiary/aromatic N) is 1. The van der Waals surface area contributed by atoms with E-state index in [4.69, 9.17) is 5.11 Å². The number of rotatable bonds is 3. The highest BCUT2D eigenvalue weighted by Gasteiger charge is 2.41. The molecule has 1 saturated heterocycles. The average Bonchev–Trinajstić information content (AvgIpc) is 1.79. The second-order valence-electron chi connectivity index (χ2n) is 2.64. The molecule has 1 aliphatic rings. The largest absolute Gasteiger partial charge is 0.477 e. The van der Waals surface area contributed by atoms with Crippen molar-refractivity contribution in [3.05, 3.63) is 0 Å². The minimum atomic E-state index is -3.58. The molecule has 11 heavy (non-hydrogen) atoms. The molecule has 0 spiro atoms. The van der Waals surface area contributed by atoms with Crippen LogP contribution in [0.1, 0.15) is 6.42 Å². The van der Waals surface area contributed by atoms with Crippen LogP contribution in [0.15, 0.2) is 0 Å². The van der Waals surface area contributed by atoms with Crippen LogP contribution in [-0.4, -0.2) is 41.5 Å². The van der Waals surface area contributed by atoms with Crippen LogP contribution in [0.3, 0.4) is 0 Å². The molecule has 5 heteroatoms. The Morgan fingerprint density at radius 2 is 2.09 bits per heavy atom. The van der Waals surface area contributed by atoms with Gasteiger partial charge in [0, 0.05) is 0 Å². The smallest absolute Gasteiger partial charge is 0.375 e. The molecule has 0 saturated carbocycles. The highest BCUT2D eigenvalue weighted by molar-refractivity contribution is 5.75. The molecule has 1 rings (SSSR count). The topological polar surface area (TPSA) is 40.5 Å². The summed E-state index contributed by atoms with van der Waals surface area (Å²) in [7, 11) is 0. The van der Waals surface area contributed by atoms with Gasteiger partial charge in [0.05, 0.1) is 6.54 Å². The number of halogens is 2. The van der Waals surface area contributed by atoms with Gasteiger partial charge >= 0.3 is 11.9 Å². The van der Waals surface area contributed by atoms with E-state index in [1.165, 1.54) is 4.90 Å². The normalized spacial score (nSPS) is 19.5. The fourth-order valence-corrected chi connectivity index (χ4v) is 0.888. The summed E-state index contributed by atoms with van der Waals surface area (Å²) >= 11 is 0. The Labute approximate surface area is 62.6 Å². The van der Waals surface area contributed by atoms with Crippen LogP contribution in [0.5, 0.6) is 0 Å². The number of hydrogen-bond acceptors (Lipinski definition) is 2. The molecule has 1 N–H and O–H groups in total. The monoisotopic (exact) mass is 165 g/mol. The van der Waals surface area contributed by atoms with Crippen molar-refractivity contribution >= 4 is 5.97 Å². The van der Waals surface area contributed by atoms with E-state index >= 15 is 0 Å². The Kier molecular flexibility index (Phi) is 2.08.